The molecule has 0 spiro atoms. The summed E-state index contributed by atoms with van der Waals surface area (Å²) in [5, 5.41) is 8.41. The summed E-state index contributed by atoms with van der Waals surface area (Å²) in [4.78, 5) is 17.0. The van der Waals surface area contributed by atoms with E-state index in [0.29, 0.717) is 6.42 Å². The first-order valence-electron chi connectivity index (χ1n) is 9.54. The van der Waals surface area contributed by atoms with E-state index in [0.717, 1.165) is 42.6 Å². The van der Waals surface area contributed by atoms with Crippen LogP contribution in [-0.2, 0) is 11.2 Å². The van der Waals surface area contributed by atoms with Gasteiger partial charge < -0.3 is 9.80 Å². The molecule has 1 aliphatic heterocycles. The summed E-state index contributed by atoms with van der Waals surface area (Å²) in [5.74, 6) is 1.87. The first kappa shape index (κ1) is 17.0. The number of benzene rings is 1. The van der Waals surface area contributed by atoms with Gasteiger partial charge in [-0.15, -0.1) is 5.10 Å². The number of aryl methyl sites for hydroxylation is 1. The summed E-state index contributed by atoms with van der Waals surface area (Å²) in [6, 6.07) is 12.8. The van der Waals surface area contributed by atoms with Gasteiger partial charge in [-0.2, -0.15) is 5.10 Å². The van der Waals surface area contributed by atoms with Gasteiger partial charge in [0.25, 0.3) is 0 Å². The van der Waals surface area contributed by atoms with Crippen LogP contribution < -0.4 is 4.90 Å². The molecule has 26 heavy (non-hydrogen) atoms. The predicted octanol–water partition coefficient (Wildman–Crippen LogP) is 2.94. The molecule has 2 aromatic rings. The Kier molecular flexibility index (Phi) is 4.62. The van der Waals surface area contributed by atoms with E-state index in [9.17, 15) is 4.79 Å². The Morgan fingerprint density at radius 2 is 1.85 bits per heavy atom. The molecule has 136 valence electrons. The second-order valence-electron chi connectivity index (χ2n) is 7.61. The van der Waals surface area contributed by atoms with Crippen molar-refractivity contribution in [3.05, 3.63) is 53.2 Å². The maximum atomic E-state index is 12.8. The lowest BCUT2D eigenvalue weighted by molar-refractivity contribution is -0.132. The number of amides is 1. The molecule has 5 heteroatoms. The van der Waals surface area contributed by atoms with Gasteiger partial charge in [0, 0.05) is 25.7 Å². The van der Waals surface area contributed by atoms with Gasteiger partial charge >= 0.3 is 0 Å². The number of carbonyl (C=O) groups is 1. The molecule has 2 fully saturated rings. The molecule has 1 aliphatic carbocycles. The molecule has 1 saturated carbocycles. The van der Waals surface area contributed by atoms with Gasteiger partial charge in [0.15, 0.2) is 5.82 Å². The van der Waals surface area contributed by atoms with Gasteiger partial charge in [-0.05, 0) is 55.9 Å². The highest BCUT2D eigenvalue weighted by atomic mass is 16.2. The van der Waals surface area contributed by atoms with Crippen molar-refractivity contribution in [3.8, 4) is 0 Å². The largest absolute Gasteiger partial charge is 0.351 e. The molecule has 2 aliphatic rings. The molecular formula is C21H26N4O. The summed E-state index contributed by atoms with van der Waals surface area (Å²) in [5.41, 5.74) is 3.45. The number of aromatic nitrogens is 2. The summed E-state index contributed by atoms with van der Waals surface area (Å²) in [6.07, 6.45) is 3.11. The van der Waals surface area contributed by atoms with Crippen LogP contribution >= 0.6 is 0 Å². The lowest BCUT2D eigenvalue weighted by Crippen LogP contribution is -2.54. The zero-order valence-corrected chi connectivity index (χ0v) is 15.6. The number of piperazine rings is 1. The van der Waals surface area contributed by atoms with E-state index in [1.807, 2.05) is 24.0 Å². The maximum absolute atomic E-state index is 12.8. The zero-order chi connectivity index (χ0) is 18.1. The van der Waals surface area contributed by atoms with Crippen molar-refractivity contribution in [2.75, 3.05) is 24.5 Å². The number of hydrogen-bond donors (Lipinski definition) is 0. The first-order chi connectivity index (χ1) is 12.6. The molecular weight excluding hydrogens is 324 g/mol. The monoisotopic (exact) mass is 350 g/mol. The van der Waals surface area contributed by atoms with Crippen LogP contribution in [0.4, 0.5) is 5.82 Å². The van der Waals surface area contributed by atoms with E-state index in [2.05, 4.69) is 46.3 Å². The maximum Gasteiger partial charge on any atom is 0.227 e. The third-order valence-corrected chi connectivity index (χ3v) is 5.44. The van der Waals surface area contributed by atoms with Gasteiger partial charge in [0.05, 0.1) is 12.1 Å². The zero-order valence-electron chi connectivity index (χ0n) is 15.6. The Hall–Kier alpha value is -2.43. The standard InChI is InChI=1S/C21H26N4O/c1-15-3-10-20(23-22-15)24-11-12-25(16(2)14-24)21(26)13-17-4-6-18(7-5-17)19-8-9-19/h3-7,10,16,19H,8-9,11-14H2,1-2H3/t16-/m0/s1. The predicted molar refractivity (Wildman–Crippen MR) is 102 cm³/mol. The van der Waals surface area contributed by atoms with Crippen molar-refractivity contribution in [3.63, 3.8) is 0 Å². The van der Waals surface area contributed by atoms with E-state index in [1.165, 1.54) is 18.4 Å². The third-order valence-electron chi connectivity index (χ3n) is 5.44. The molecule has 1 saturated heterocycles. The van der Waals surface area contributed by atoms with Gasteiger partial charge in [-0.1, -0.05) is 24.3 Å². The van der Waals surface area contributed by atoms with Crippen LogP contribution in [0.2, 0.25) is 0 Å². The third kappa shape index (κ3) is 3.71. The number of rotatable bonds is 4. The lowest BCUT2D eigenvalue weighted by Gasteiger charge is -2.40. The summed E-state index contributed by atoms with van der Waals surface area (Å²) in [7, 11) is 0. The van der Waals surface area contributed by atoms with Crippen LogP contribution in [0.15, 0.2) is 36.4 Å². The quantitative estimate of drug-likeness (QED) is 0.851. The van der Waals surface area contributed by atoms with Crippen LogP contribution in [0.3, 0.4) is 0 Å². The minimum atomic E-state index is 0.171. The molecule has 1 aromatic carbocycles. The van der Waals surface area contributed by atoms with E-state index < -0.39 is 0 Å². The van der Waals surface area contributed by atoms with Crippen LogP contribution in [0, 0.1) is 6.92 Å². The van der Waals surface area contributed by atoms with Gasteiger partial charge in [-0.25, -0.2) is 0 Å². The highest BCUT2D eigenvalue weighted by molar-refractivity contribution is 5.79. The van der Waals surface area contributed by atoms with Crippen LogP contribution in [-0.4, -0.2) is 46.7 Å². The Morgan fingerprint density at radius 1 is 1.08 bits per heavy atom. The summed E-state index contributed by atoms with van der Waals surface area (Å²) in [6.45, 7) is 6.38. The summed E-state index contributed by atoms with van der Waals surface area (Å²) >= 11 is 0. The molecule has 0 radical (unpaired) electrons. The normalized spacial score (nSPS) is 20.3. The van der Waals surface area contributed by atoms with Gasteiger partial charge in [-0.3, -0.25) is 4.79 Å². The fraction of sp³-hybridized carbons (Fsp3) is 0.476. The molecule has 0 bridgehead atoms. The second-order valence-corrected chi connectivity index (χ2v) is 7.61. The molecule has 0 N–H and O–H groups in total. The minimum absolute atomic E-state index is 0.171. The lowest BCUT2D eigenvalue weighted by atomic mass is 10.0. The van der Waals surface area contributed by atoms with Crippen molar-refractivity contribution in [2.24, 2.45) is 0 Å². The fourth-order valence-electron chi connectivity index (χ4n) is 3.70. The van der Waals surface area contributed by atoms with E-state index >= 15 is 0 Å². The van der Waals surface area contributed by atoms with Crippen molar-refractivity contribution in [2.45, 2.75) is 45.1 Å². The number of hydrogen-bond acceptors (Lipinski definition) is 4. The molecule has 0 unspecified atom stereocenters. The summed E-state index contributed by atoms with van der Waals surface area (Å²) < 4.78 is 0. The number of anilines is 1. The van der Waals surface area contributed by atoms with E-state index in [1.54, 1.807) is 0 Å². The molecule has 4 rings (SSSR count). The SMILES string of the molecule is Cc1ccc(N2CCN(C(=O)Cc3ccc(C4CC4)cc3)[C@@H](C)C2)nn1. The average Bonchev–Trinajstić information content (AvgIpc) is 3.48. The van der Waals surface area contributed by atoms with Crippen molar-refractivity contribution in [1.82, 2.24) is 15.1 Å². The van der Waals surface area contributed by atoms with Crippen LogP contribution in [0.1, 0.15) is 42.5 Å². The van der Waals surface area contributed by atoms with Crippen molar-refractivity contribution < 1.29 is 4.79 Å². The van der Waals surface area contributed by atoms with Crippen LogP contribution in [0.25, 0.3) is 0 Å². The Labute approximate surface area is 155 Å². The fourth-order valence-corrected chi connectivity index (χ4v) is 3.70. The topological polar surface area (TPSA) is 49.3 Å². The first-order valence-corrected chi connectivity index (χ1v) is 9.54. The molecule has 1 aromatic heterocycles. The Morgan fingerprint density at radius 3 is 2.46 bits per heavy atom. The number of carbonyl (C=O) groups excluding carboxylic acids is 1. The van der Waals surface area contributed by atoms with Crippen LogP contribution in [0.5, 0.6) is 0 Å². The van der Waals surface area contributed by atoms with Gasteiger partial charge in [0.2, 0.25) is 5.91 Å². The van der Waals surface area contributed by atoms with Crippen molar-refractivity contribution >= 4 is 11.7 Å². The Balaban J connectivity index is 1.35. The van der Waals surface area contributed by atoms with Gasteiger partial charge in [0.1, 0.15) is 0 Å². The molecule has 1 atom stereocenters. The molecule has 2 heterocycles. The van der Waals surface area contributed by atoms with E-state index in [-0.39, 0.29) is 11.9 Å². The molecule has 1 amide bonds. The number of nitrogens with zero attached hydrogens (tertiary/aromatic N) is 4. The highest BCUT2D eigenvalue weighted by Crippen LogP contribution is 2.39. The van der Waals surface area contributed by atoms with Crippen molar-refractivity contribution in [1.29, 1.82) is 0 Å². The Bertz CT molecular complexity index is 768. The second kappa shape index (κ2) is 7.06. The smallest absolute Gasteiger partial charge is 0.227 e. The molecule has 5 nitrogen and oxygen atoms in total. The average molecular weight is 350 g/mol. The minimum Gasteiger partial charge on any atom is -0.351 e. The van der Waals surface area contributed by atoms with E-state index in [4.69, 9.17) is 0 Å². The highest BCUT2D eigenvalue weighted by Gasteiger charge is 2.28.